The van der Waals surface area contributed by atoms with E-state index in [1.165, 1.54) is 18.0 Å². The number of benzene rings is 2. The van der Waals surface area contributed by atoms with E-state index in [0.29, 0.717) is 56.6 Å². The molecule has 0 spiro atoms. The maximum absolute atomic E-state index is 13.6. The van der Waals surface area contributed by atoms with Crippen LogP contribution in [-0.2, 0) is 37.3 Å². The molecule has 0 bridgehead atoms. The van der Waals surface area contributed by atoms with E-state index in [9.17, 15) is 49.4 Å². The van der Waals surface area contributed by atoms with Crippen molar-refractivity contribution in [2.24, 2.45) is 18.9 Å². The Kier molecular flexibility index (Phi) is 12.1. The van der Waals surface area contributed by atoms with Crippen LogP contribution >= 0.6 is 12.4 Å². The molecule has 3 aromatic rings. The highest BCUT2D eigenvalue weighted by Crippen LogP contribution is 2.38. The van der Waals surface area contributed by atoms with Crippen molar-refractivity contribution in [3.8, 4) is 5.75 Å². The molecular weight excluding hydrogens is 687 g/mol. The van der Waals surface area contributed by atoms with Gasteiger partial charge in [0.25, 0.3) is 5.95 Å². The molecule has 1 saturated carbocycles. The van der Waals surface area contributed by atoms with Crippen molar-refractivity contribution in [1.82, 2.24) is 20.2 Å². The van der Waals surface area contributed by atoms with E-state index in [0.717, 1.165) is 16.9 Å². The number of hydrogen-bond acceptors (Lipinski definition) is 7. The van der Waals surface area contributed by atoms with Crippen molar-refractivity contribution in [3.63, 3.8) is 0 Å². The monoisotopic (exact) mass is 718 g/mol. The van der Waals surface area contributed by atoms with Crippen LogP contribution in [0.25, 0.3) is 0 Å². The average Bonchev–Trinajstić information content (AvgIpc) is 3.40. The van der Waals surface area contributed by atoms with Gasteiger partial charge in [0.05, 0.1) is 24.1 Å². The number of carbonyl (C=O) groups is 1. The number of aryl methyl sites for hydroxylation is 1. The highest BCUT2D eigenvalue weighted by molar-refractivity contribution is 5.85. The molecule has 1 heterocycles. The number of tetrazole rings is 1. The quantitative estimate of drug-likeness (QED) is 0.204. The fraction of sp³-hybridized carbons (Fsp3) is 0.517. The molecule has 2 aromatic carbocycles. The summed E-state index contributed by atoms with van der Waals surface area (Å²) >= 11 is 0. The van der Waals surface area contributed by atoms with Crippen LogP contribution in [0.1, 0.15) is 54.9 Å². The minimum Gasteiger partial charge on any atom is -0.481 e. The largest absolute Gasteiger partial charge is 0.573 e. The van der Waals surface area contributed by atoms with Crippen LogP contribution in [0.15, 0.2) is 36.4 Å². The molecule has 4 rings (SSSR count). The maximum Gasteiger partial charge on any atom is 0.573 e. The van der Waals surface area contributed by atoms with Crippen LogP contribution < -0.4 is 14.5 Å². The number of nitrogens with zero attached hydrogens (tertiary/aromatic N) is 6. The number of rotatable bonds is 11. The lowest BCUT2D eigenvalue weighted by atomic mass is 9.81. The van der Waals surface area contributed by atoms with Gasteiger partial charge in [0.1, 0.15) is 5.75 Å². The van der Waals surface area contributed by atoms with Crippen LogP contribution in [0.4, 0.5) is 51.1 Å². The van der Waals surface area contributed by atoms with Gasteiger partial charge >= 0.3 is 24.7 Å². The molecule has 0 saturated heterocycles. The summed E-state index contributed by atoms with van der Waals surface area (Å²) in [4.78, 5) is 15.5. The summed E-state index contributed by atoms with van der Waals surface area (Å²) in [6.07, 6.45) is -13.1. The van der Waals surface area contributed by atoms with Crippen LogP contribution in [0.2, 0.25) is 0 Å². The second-order valence-corrected chi connectivity index (χ2v) is 11.3. The first-order valence-electron chi connectivity index (χ1n) is 14.5. The zero-order valence-corrected chi connectivity index (χ0v) is 26.3. The van der Waals surface area contributed by atoms with Crippen molar-refractivity contribution >= 4 is 30.0 Å². The Balaban J connectivity index is 0.00000625. The molecule has 1 aliphatic carbocycles. The molecule has 48 heavy (non-hydrogen) atoms. The number of aromatic nitrogens is 4. The van der Waals surface area contributed by atoms with E-state index < -0.39 is 59.6 Å². The normalized spacial score (nSPS) is 17.1. The molecule has 19 heteroatoms. The third kappa shape index (κ3) is 10.3. The van der Waals surface area contributed by atoms with Gasteiger partial charge < -0.3 is 19.6 Å². The van der Waals surface area contributed by atoms with E-state index in [4.69, 9.17) is 0 Å². The number of aliphatic carboxylic acids is 1. The number of carboxylic acid groups (broad SMARTS) is 1. The van der Waals surface area contributed by atoms with Crippen molar-refractivity contribution in [3.05, 3.63) is 58.7 Å². The summed E-state index contributed by atoms with van der Waals surface area (Å²) in [6.45, 7) is 1.62. The van der Waals surface area contributed by atoms with Crippen molar-refractivity contribution < 1.29 is 54.2 Å². The second-order valence-electron chi connectivity index (χ2n) is 11.3. The van der Waals surface area contributed by atoms with Gasteiger partial charge in [0, 0.05) is 31.9 Å². The molecule has 266 valence electrons. The zero-order chi connectivity index (χ0) is 34.7. The van der Waals surface area contributed by atoms with Crippen molar-refractivity contribution in [1.29, 1.82) is 0 Å². The molecule has 1 aromatic heterocycles. The molecule has 0 aliphatic heterocycles. The fourth-order valence-electron chi connectivity index (χ4n) is 5.63. The van der Waals surface area contributed by atoms with Gasteiger partial charge in [0.2, 0.25) is 0 Å². The summed E-state index contributed by atoms with van der Waals surface area (Å²) in [5, 5.41) is 20.9. The van der Waals surface area contributed by atoms with Gasteiger partial charge in [-0.2, -0.15) is 31.1 Å². The van der Waals surface area contributed by atoms with Crippen LogP contribution in [-0.4, -0.2) is 50.7 Å². The third-order valence-corrected chi connectivity index (χ3v) is 7.84. The van der Waals surface area contributed by atoms with E-state index >= 15 is 0 Å². The van der Waals surface area contributed by atoms with Crippen molar-refractivity contribution in [2.45, 2.75) is 64.4 Å². The van der Waals surface area contributed by atoms with E-state index in [1.807, 2.05) is 4.90 Å². The molecule has 0 amide bonds. The molecule has 0 atom stereocenters. The number of carboxylic acids is 1. The Morgan fingerprint density at radius 1 is 0.917 bits per heavy atom. The summed E-state index contributed by atoms with van der Waals surface area (Å²) < 4.78 is 125. The Labute approximate surface area is 275 Å². The number of anilines is 2. The average molecular weight is 719 g/mol. The second kappa shape index (κ2) is 15.1. The molecule has 1 aliphatic rings. The van der Waals surface area contributed by atoms with Crippen molar-refractivity contribution in [2.75, 3.05) is 22.9 Å². The topological polar surface area (TPSA) is 96.6 Å². The fourth-order valence-corrected chi connectivity index (χ4v) is 5.63. The number of halogens is 10. The predicted octanol–water partition coefficient (Wildman–Crippen LogP) is 7.49. The van der Waals surface area contributed by atoms with Gasteiger partial charge in [0.15, 0.2) is 0 Å². The first-order valence-corrected chi connectivity index (χ1v) is 14.5. The van der Waals surface area contributed by atoms with Gasteiger partial charge in [-0.05, 0) is 91.3 Å². The van der Waals surface area contributed by atoms with E-state index in [1.54, 1.807) is 6.92 Å². The SMILES string of the molecule is CCN(CC1CCC(C(=O)O)CC1)c1ccc(OC(F)(F)F)cc1CN(Cc1cc(C(F)(F)F)cc(C(F)(F)F)c1)c1nnn(C)n1.Cl. The highest BCUT2D eigenvalue weighted by atomic mass is 35.5. The lowest BCUT2D eigenvalue weighted by Gasteiger charge is -2.34. The molecule has 9 nitrogen and oxygen atoms in total. The standard InChI is InChI=1S/C29H31F9N6O3.ClH/c1-3-43(14-17-4-6-19(7-5-17)25(45)46)24-9-8-23(47-29(36,37)38)12-20(24)16-44(26-39-41-42(2)40-26)15-18-10-21(27(30,31)32)13-22(11-18)28(33,34)35;/h8-13,17,19H,3-7,14-16H2,1-2H3,(H,45,46);1H. The number of hydrogen-bond donors (Lipinski definition) is 1. The summed E-state index contributed by atoms with van der Waals surface area (Å²) in [5.74, 6) is -2.08. The lowest BCUT2D eigenvalue weighted by Crippen LogP contribution is -2.34. The van der Waals surface area contributed by atoms with Gasteiger partial charge in [-0.15, -0.1) is 30.7 Å². The molecule has 1 fully saturated rings. The Morgan fingerprint density at radius 2 is 1.52 bits per heavy atom. The zero-order valence-electron chi connectivity index (χ0n) is 25.5. The molecular formula is C29H32ClF9N6O3. The third-order valence-electron chi connectivity index (χ3n) is 7.84. The Hall–Kier alpha value is -3.96. The first kappa shape index (κ1) is 38.5. The lowest BCUT2D eigenvalue weighted by molar-refractivity contribution is -0.274. The molecule has 1 N–H and O–H groups in total. The van der Waals surface area contributed by atoms with Gasteiger partial charge in [-0.3, -0.25) is 4.79 Å². The van der Waals surface area contributed by atoms with Crippen LogP contribution in [0.5, 0.6) is 5.75 Å². The molecule has 0 radical (unpaired) electrons. The summed E-state index contributed by atoms with van der Waals surface area (Å²) in [7, 11) is 1.38. The molecule has 0 unspecified atom stereocenters. The van der Waals surface area contributed by atoms with Gasteiger partial charge in [-0.25, -0.2) is 0 Å². The first-order chi connectivity index (χ1) is 21.8. The predicted molar refractivity (Wildman–Crippen MR) is 156 cm³/mol. The minimum atomic E-state index is -5.10. The summed E-state index contributed by atoms with van der Waals surface area (Å²) in [6, 6.07) is 4.67. The number of ether oxygens (including phenoxy) is 1. The maximum atomic E-state index is 13.6. The van der Waals surface area contributed by atoms with Crippen LogP contribution in [0, 0.1) is 11.8 Å². The smallest absolute Gasteiger partial charge is 0.481 e. The van der Waals surface area contributed by atoms with Gasteiger partial charge in [-0.1, -0.05) is 5.10 Å². The number of alkyl halides is 9. The van der Waals surface area contributed by atoms with E-state index in [2.05, 4.69) is 20.1 Å². The van der Waals surface area contributed by atoms with Crippen LogP contribution in [0.3, 0.4) is 0 Å². The Morgan fingerprint density at radius 3 is 2.00 bits per heavy atom. The Bertz CT molecular complexity index is 1510. The highest BCUT2D eigenvalue weighted by Gasteiger charge is 2.37. The van der Waals surface area contributed by atoms with E-state index in [-0.39, 0.29) is 42.4 Å². The minimum absolute atomic E-state index is 0. The summed E-state index contributed by atoms with van der Waals surface area (Å²) in [5.41, 5.74) is -2.87.